The molecule has 1 aliphatic heterocycles. The molecule has 0 aromatic heterocycles. The first kappa shape index (κ1) is 17.4. The van der Waals surface area contributed by atoms with E-state index < -0.39 is 0 Å². The van der Waals surface area contributed by atoms with E-state index >= 15 is 0 Å². The Balaban J connectivity index is 2.64. The van der Waals surface area contributed by atoms with Crippen molar-refractivity contribution in [3.8, 4) is 0 Å². The lowest BCUT2D eigenvalue weighted by molar-refractivity contribution is -0.146. The summed E-state index contributed by atoms with van der Waals surface area (Å²) >= 11 is 0. The van der Waals surface area contributed by atoms with Gasteiger partial charge in [-0.1, -0.05) is 20.8 Å². The van der Waals surface area contributed by atoms with Crippen molar-refractivity contribution in [1.82, 2.24) is 10.2 Å². The van der Waals surface area contributed by atoms with Gasteiger partial charge in [-0.05, 0) is 45.1 Å². The minimum absolute atomic E-state index is 0.112. The van der Waals surface area contributed by atoms with Gasteiger partial charge in [0.15, 0.2) is 0 Å². The van der Waals surface area contributed by atoms with Gasteiger partial charge in [0.2, 0.25) is 0 Å². The Morgan fingerprint density at radius 3 is 2.65 bits per heavy atom. The van der Waals surface area contributed by atoms with Crippen molar-refractivity contribution in [1.29, 1.82) is 0 Å². The highest BCUT2D eigenvalue weighted by Crippen LogP contribution is 2.26. The largest absolute Gasteiger partial charge is 0.465 e. The standard InChI is InChI=1S/C16H32N2O2/c1-6-8-17-15(16(19)20-7-2)11-18-10-12(3)9-13(4)14(18)5/h12-15,17H,6-11H2,1-5H3. The van der Waals surface area contributed by atoms with Crippen LogP contribution in [0.3, 0.4) is 0 Å². The Morgan fingerprint density at radius 1 is 1.35 bits per heavy atom. The molecule has 4 atom stereocenters. The van der Waals surface area contributed by atoms with Gasteiger partial charge in [-0.25, -0.2) is 0 Å². The molecule has 0 amide bonds. The second-order valence-electron chi connectivity index (χ2n) is 6.27. The average Bonchev–Trinajstić information content (AvgIpc) is 2.40. The first-order valence-corrected chi connectivity index (χ1v) is 8.13. The molecule has 0 aromatic rings. The summed E-state index contributed by atoms with van der Waals surface area (Å²) < 4.78 is 5.20. The van der Waals surface area contributed by atoms with Crippen LogP contribution in [0.5, 0.6) is 0 Å². The van der Waals surface area contributed by atoms with Crippen LogP contribution in [0.2, 0.25) is 0 Å². The van der Waals surface area contributed by atoms with Crippen LogP contribution in [-0.2, 0) is 9.53 Å². The van der Waals surface area contributed by atoms with E-state index in [1.54, 1.807) is 0 Å². The number of esters is 1. The molecule has 1 heterocycles. The number of nitrogens with one attached hydrogen (secondary N) is 1. The van der Waals surface area contributed by atoms with Gasteiger partial charge < -0.3 is 10.1 Å². The van der Waals surface area contributed by atoms with E-state index in [1.807, 2.05) is 6.92 Å². The van der Waals surface area contributed by atoms with Crippen molar-refractivity contribution in [2.24, 2.45) is 11.8 Å². The SMILES string of the molecule is CCCNC(CN1CC(C)CC(C)C1C)C(=O)OCC. The molecular weight excluding hydrogens is 252 g/mol. The van der Waals surface area contributed by atoms with E-state index in [1.165, 1.54) is 6.42 Å². The Morgan fingerprint density at radius 2 is 2.05 bits per heavy atom. The van der Waals surface area contributed by atoms with Crippen LogP contribution < -0.4 is 5.32 Å². The monoisotopic (exact) mass is 284 g/mol. The first-order chi connectivity index (χ1) is 9.49. The van der Waals surface area contributed by atoms with Crippen molar-refractivity contribution in [3.63, 3.8) is 0 Å². The average molecular weight is 284 g/mol. The molecule has 20 heavy (non-hydrogen) atoms. The maximum Gasteiger partial charge on any atom is 0.324 e. The number of hydrogen-bond donors (Lipinski definition) is 1. The summed E-state index contributed by atoms with van der Waals surface area (Å²) in [5, 5.41) is 3.34. The summed E-state index contributed by atoms with van der Waals surface area (Å²) in [6.07, 6.45) is 2.31. The number of hydrogen-bond acceptors (Lipinski definition) is 4. The summed E-state index contributed by atoms with van der Waals surface area (Å²) in [7, 11) is 0. The van der Waals surface area contributed by atoms with E-state index in [0.717, 1.165) is 26.1 Å². The number of ether oxygens (including phenoxy) is 1. The molecule has 118 valence electrons. The number of likely N-dealkylation sites (tertiary alicyclic amines) is 1. The topological polar surface area (TPSA) is 41.6 Å². The summed E-state index contributed by atoms with van der Waals surface area (Å²) in [5.74, 6) is 1.28. The van der Waals surface area contributed by atoms with Crippen LogP contribution in [0.4, 0.5) is 0 Å². The highest BCUT2D eigenvalue weighted by Gasteiger charge is 2.32. The molecule has 4 nitrogen and oxygen atoms in total. The van der Waals surface area contributed by atoms with Crippen molar-refractivity contribution >= 4 is 5.97 Å². The molecular formula is C16H32N2O2. The van der Waals surface area contributed by atoms with Gasteiger partial charge in [0.05, 0.1) is 6.61 Å². The second kappa shape index (κ2) is 8.63. The van der Waals surface area contributed by atoms with E-state index in [4.69, 9.17) is 4.74 Å². The quantitative estimate of drug-likeness (QED) is 0.728. The fraction of sp³-hybridized carbons (Fsp3) is 0.938. The molecule has 0 spiro atoms. The van der Waals surface area contributed by atoms with Gasteiger partial charge in [0.25, 0.3) is 0 Å². The highest BCUT2D eigenvalue weighted by atomic mass is 16.5. The van der Waals surface area contributed by atoms with E-state index in [0.29, 0.717) is 24.5 Å². The number of carbonyl (C=O) groups excluding carboxylic acids is 1. The molecule has 1 N–H and O–H groups in total. The molecule has 1 aliphatic rings. The smallest absolute Gasteiger partial charge is 0.324 e. The summed E-state index contributed by atoms with van der Waals surface area (Å²) in [5.41, 5.74) is 0. The zero-order valence-corrected chi connectivity index (χ0v) is 13.8. The summed E-state index contributed by atoms with van der Waals surface area (Å²) in [6.45, 7) is 14.0. The van der Waals surface area contributed by atoms with Gasteiger partial charge >= 0.3 is 5.97 Å². The molecule has 1 saturated heterocycles. The van der Waals surface area contributed by atoms with Crippen molar-refractivity contribution in [2.75, 3.05) is 26.2 Å². The van der Waals surface area contributed by atoms with Crippen molar-refractivity contribution in [3.05, 3.63) is 0 Å². The maximum atomic E-state index is 12.1. The minimum Gasteiger partial charge on any atom is -0.465 e. The molecule has 1 fully saturated rings. The van der Waals surface area contributed by atoms with Crippen LogP contribution in [0.25, 0.3) is 0 Å². The predicted octanol–water partition coefficient (Wildman–Crippen LogP) is 2.28. The van der Waals surface area contributed by atoms with E-state index in [-0.39, 0.29) is 12.0 Å². The molecule has 4 unspecified atom stereocenters. The third-order valence-electron chi connectivity index (χ3n) is 4.35. The Labute approximate surface area is 124 Å². The number of nitrogens with zero attached hydrogens (tertiary/aromatic N) is 1. The number of rotatable bonds is 7. The minimum atomic E-state index is -0.199. The highest BCUT2D eigenvalue weighted by molar-refractivity contribution is 5.76. The molecule has 1 rings (SSSR count). The van der Waals surface area contributed by atoms with Gasteiger partial charge in [0.1, 0.15) is 6.04 Å². The summed E-state index contributed by atoms with van der Waals surface area (Å²) in [4.78, 5) is 14.5. The lowest BCUT2D eigenvalue weighted by atomic mass is 9.86. The van der Waals surface area contributed by atoms with Gasteiger partial charge in [-0.15, -0.1) is 0 Å². The molecule has 0 aromatic carbocycles. The first-order valence-electron chi connectivity index (χ1n) is 8.13. The molecule has 0 aliphatic carbocycles. The van der Waals surface area contributed by atoms with Gasteiger partial charge in [-0.2, -0.15) is 0 Å². The van der Waals surface area contributed by atoms with Gasteiger partial charge in [-0.3, -0.25) is 9.69 Å². The number of carbonyl (C=O) groups is 1. The van der Waals surface area contributed by atoms with Gasteiger partial charge in [0, 0.05) is 19.1 Å². The molecule has 0 radical (unpaired) electrons. The van der Waals surface area contributed by atoms with E-state index in [2.05, 4.69) is 37.9 Å². The second-order valence-corrected chi connectivity index (χ2v) is 6.27. The van der Waals surface area contributed by atoms with Crippen LogP contribution >= 0.6 is 0 Å². The van der Waals surface area contributed by atoms with Crippen molar-refractivity contribution in [2.45, 2.75) is 59.5 Å². The Hall–Kier alpha value is -0.610. The van der Waals surface area contributed by atoms with Crippen LogP contribution in [0.1, 0.15) is 47.5 Å². The molecule has 0 bridgehead atoms. The Bertz CT molecular complexity index is 296. The fourth-order valence-corrected chi connectivity index (χ4v) is 3.09. The normalized spacial score (nSPS) is 29.1. The zero-order valence-electron chi connectivity index (χ0n) is 13.8. The maximum absolute atomic E-state index is 12.1. The summed E-state index contributed by atoms with van der Waals surface area (Å²) in [6, 6.07) is 0.335. The predicted molar refractivity (Wildman–Crippen MR) is 82.7 cm³/mol. The lowest BCUT2D eigenvalue weighted by Crippen LogP contribution is -2.54. The Kier molecular flexibility index (Phi) is 7.52. The third-order valence-corrected chi connectivity index (χ3v) is 4.35. The molecule has 0 saturated carbocycles. The number of piperidine rings is 1. The third kappa shape index (κ3) is 5.06. The fourth-order valence-electron chi connectivity index (χ4n) is 3.09. The van der Waals surface area contributed by atoms with Crippen LogP contribution in [0, 0.1) is 11.8 Å². The lowest BCUT2D eigenvalue weighted by Gasteiger charge is -2.42. The zero-order chi connectivity index (χ0) is 15.1. The van der Waals surface area contributed by atoms with Crippen LogP contribution in [-0.4, -0.2) is 49.2 Å². The van der Waals surface area contributed by atoms with Crippen LogP contribution in [0.15, 0.2) is 0 Å². The molecule has 4 heteroatoms. The van der Waals surface area contributed by atoms with E-state index in [9.17, 15) is 4.79 Å². The van der Waals surface area contributed by atoms with Crippen molar-refractivity contribution < 1.29 is 9.53 Å².